The van der Waals surface area contributed by atoms with Crippen LogP contribution in [0.4, 0.5) is 0 Å². The highest BCUT2D eigenvalue weighted by atomic mass is 14.6. The summed E-state index contributed by atoms with van der Waals surface area (Å²) in [4.78, 5) is 0. The van der Waals surface area contributed by atoms with Gasteiger partial charge in [-0.25, -0.2) is 0 Å². The molecule has 27 unspecified atom stereocenters. The molecule has 0 radical (unpaired) electrons. The standard InChI is InChI=1S/2C16H30.2C15H28.2C14H26.5CH4/c1-4-9-14-12(2)15-10-7-5-6-8-11-16(15)13(14)3;1-4-9-14-12(2)13(3)15-10-7-5-6-8-11-16(14)15;1-4-8-13-11(2)14-9-6-5-7-10-15(14)12(13)3;1-4-8-13-11(2)12(3)14-9-6-5-7-10-15(13)14;1-4-7-12-10(2)13-8-5-6-9-14(13)11(12)3;1-4-7-12-10(2)11(3)13-8-5-6-9-14(12)13;;;;;/h2*12-16H,4-11H2,1-3H3;2*11-15H,4-10H2,1-3H3;2*10-14H,4-9H2,1-3H3;5*1H4. The second kappa shape index (κ2) is 46.7. The van der Waals surface area contributed by atoms with Gasteiger partial charge in [0.05, 0.1) is 0 Å². The average molecular weight is 1330 g/mol. The molecule has 27 atom stereocenters. The molecule has 0 aromatic carbocycles. The molecule has 12 fully saturated rings. The van der Waals surface area contributed by atoms with E-state index in [4.69, 9.17) is 0 Å². The Bertz CT molecular complexity index is 1780. The van der Waals surface area contributed by atoms with Crippen molar-refractivity contribution < 1.29 is 0 Å². The van der Waals surface area contributed by atoms with Gasteiger partial charge in [0.25, 0.3) is 0 Å². The van der Waals surface area contributed by atoms with Crippen LogP contribution < -0.4 is 0 Å². The predicted molar refractivity (Wildman–Crippen MR) is 434 cm³/mol. The highest BCUT2D eigenvalue weighted by molar-refractivity contribution is 5.00. The van der Waals surface area contributed by atoms with E-state index in [0.29, 0.717) is 0 Å². The summed E-state index contributed by atoms with van der Waals surface area (Å²) in [7, 11) is 0. The number of rotatable bonds is 12. The molecule has 95 heavy (non-hydrogen) atoms. The molecular weight excluding hydrogens is 1140 g/mol. The lowest BCUT2D eigenvalue weighted by molar-refractivity contribution is 0.201. The topological polar surface area (TPSA) is 0 Å². The van der Waals surface area contributed by atoms with Crippen molar-refractivity contribution in [3.05, 3.63) is 0 Å². The fourth-order valence-electron chi connectivity index (χ4n) is 27.5. The van der Waals surface area contributed by atoms with Gasteiger partial charge in [0.2, 0.25) is 0 Å². The minimum atomic E-state index is 0. The van der Waals surface area contributed by atoms with Crippen molar-refractivity contribution in [2.24, 2.45) is 178 Å². The van der Waals surface area contributed by atoms with Gasteiger partial charge in [0, 0.05) is 0 Å². The molecule has 0 amide bonds. The van der Waals surface area contributed by atoms with Crippen molar-refractivity contribution in [1.29, 1.82) is 0 Å². The van der Waals surface area contributed by atoms with Crippen molar-refractivity contribution in [2.75, 3.05) is 0 Å². The lowest BCUT2D eigenvalue weighted by Crippen LogP contribution is -2.21. The zero-order valence-corrected chi connectivity index (χ0v) is 65.0. The molecule has 0 N–H and O–H groups in total. The monoisotopic (exact) mass is 1330 g/mol. The van der Waals surface area contributed by atoms with Gasteiger partial charge in [-0.1, -0.05) is 354 Å². The summed E-state index contributed by atoms with van der Waals surface area (Å²) >= 11 is 0. The number of hydrogen-bond donors (Lipinski definition) is 0. The quantitative estimate of drug-likeness (QED) is 0.183. The van der Waals surface area contributed by atoms with Crippen molar-refractivity contribution in [1.82, 2.24) is 0 Å². The van der Waals surface area contributed by atoms with Gasteiger partial charge in [-0.05, 0) is 255 Å². The minimum absolute atomic E-state index is 0. The van der Waals surface area contributed by atoms with Crippen LogP contribution in [0, 0.1) is 178 Å². The van der Waals surface area contributed by atoms with Crippen LogP contribution in [-0.2, 0) is 0 Å². The van der Waals surface area contributed by atoms with E-state index in [1.54, 1.807) is 19.3 Å². The Kier molecular flexibility index (Phi) is 44.7. The van der Waals surface area contributed by atoms with Crippen LogP contribution >= 0.6 is 0 Å². The van der Waals surface area contributed by atoms with Gasteiger partial charge < -0.3 is 0 Å². The summed E-state index contributed by atoms with van der Waals surface area (Å²) < 4.78 is 0. The van der Waals surface area contributed by atoms with E-state index < -0.39 is 0 Å². The fraction of sp³-hybridized carbons (Fsp3) is 1.00. The maximum atomic E-state index is 2.56. The molecule has 0 aromatic rings. The van der Waals surface area contributed by atoms with Crippen LogP contribution in [0.5, 0.6) is 0 Å². The highest BCUT2D eigenvalue weighted by Gasteiger charge is 2.50. The minimum Gasteiger partial charge on any atom is -0.0776 e. The predicted octanol–water partition coefficient (Wildman–Crippen LogP) is 32.5. The average Bonchev–Trinajstić information content (AvgIpc) is 1.72. The van der Waals surface area contributed by atoms with E-state index >= 15 is 0 Å². The Morgan fingerprint density at radius 2 is 0.274 bits per heavy atom. The SMILES string of the molecule is C.C.C.C.C.CCCC1C(C)C(C)C2CCCCC12.CCCC1C(C)C(C)C2CCCCCC12.CCCC1C(C)C(C)C2CCCCCCC12.CCCC1C(C)C2CCCCC2C1C.CCCC1C(C)C2CCCCCC2C1C.CCCC1C(C)C2CCCCCCC2C1C. The van der Waals surface area contributed by atoms with Gasteiger partial charge in [-0.15, -0.1) is 0 Å². The van der Waals surface area contributed by atoms with Gasteiger partial charge in [0.15, 0.2) is 0 Å². The molecule has 0 heteroatoms. The maximum Gasteiger partial charge on any atom is -0.0352 e. The number of fused-ring (bicyclic) bond motifs is 6. The van der Waals surface area contributed by atoms with Crippen LogP contribution in [-0.4, -0.2) is 0 Å². The first-order chi connectivity index (χ1) is 43.5. The highest BCUT2D eigenvalue weighted by Crippen LogP contribution is 2.58. The van der Waals surface area contributed by atoms with E-state index in [1.165, 1.54) is 250 Å². The molecule has 0 bridgehead atoms. The van der Waals surface area contributed by atoms with E-state index in [1.807, 2.05) is 0 Å². The van der Waals surface area contributed by atoms with Crippen LogP contribution in [0.25, 0.3) is 0 Å². The zero-order chi connectivity index (χ0) is 65.0. The second-order valence-electron chi connectivity index (χ2n) is 36.8. The molecule has 0 nitrogen and oxygen atoms in total. The van der Waals surface area contributed by atoms with Crippen molar-refractivity contribution in [3.63, 3.8) is 0 Å². The van der Waals surface area contributed by atoms with Crippen LogP contribution in [0.3, 0.4) is 0 Å². The van der Waals surface area contributed by atoms with E-state index in [2.05, 4.69) is 125 Å². The van der Waals surface area contributed by atoms with Crippen LogP contribution in [0.1, 0.15) is 431 Å². The summed E-state index contributed by atoms with van der Waals surface area (Å²) in [5.74, 6) is 31.5. The van der Waals surface area contributed by atoms with E-state index in [0.717, 1.165) is 178 Å². The molecule has 0 aromatic heterocycles. The summed E-state index contributed by atoms with van der Waals surface area (Å²) in [5.41, 5.74) is 0. The summed E-state index contributed by atoms with van der Waals surface area (Å²) in [5, 5.41) is 0. The van der Waals surface area contributed by atoms with E-state index in [-0.39, 0.29) is 37.1 Å². The first-order valence-electron chi connectivity index (χ1n) is 43.5. The van der Waals surface area contributed by atoms with Crippen LogP contribution in [0.2, 0.25) is 0 Å². The molecule has 0 heterocycles. The van der Waals surface area contributed by atoms with E-state index in [9.17, 15) is 0 Å². The summed E-state index contributed by atoms with van der Waals surface area (Å²) in [6.45, 7) is 44.6. The number of hydrogen-bond acceptors (Lipinski definition) is 0. The largest absolute Gasteiger partial charge is 0.0776 e. The Labute approximate surface area is 605 Å². The third kappa shape index (κ3) is 23.0. The smallest absolute Gasteiger partial charge is 0.0352 e. The third-order valence-corrected chi connectivity index (χ3v) is 32.8. The Morgan fingerprint density at radius 3 is 0.442 bits per heavy atom. The molecular formula is C95H188. The molecule has 0 aliphatic heterocycles. The van der Waals surface area contributed by atoms with Gasteiger partial charge >= 0.3 is 0 Å². The van der Waals surface area contributed by atoms with Crippen LogP contribution in [0.15, 0.2) is 0 Å². The Morgan fingerprint density at radius 1 is 0.147 bits per heavy atom. The molecule has 568 valence electrons. The summed E-state index contributed by atoms with van der Waals surface area (Å²) in [6.07, 6.45) is 62.9. The molecule has 12 aliphatic carbocycles. The third-order valence-electron chi connectivity index (χ3n) is 32.8. The Hall–Kier alpha value is 0. The summed E-state index contributed by atoms with van der Waals surface area (Å²) in [6, 6.07) is 0. The fourth-order valence-corrected chi connectivity index (χ4v) is 27.5. The zero-order valence-electron chi connectivity index (χ0n) is 65.0. The lowest BCUT2D eigenvalue weighted by Gasteiger charge is -2.30. The Balaban J connectivity index is 0.000000384. The van der Waals surface area contributed by atoms with Crippen molar-refractivity contribution in [2.45, 2.75) is 431 Å². The lowest BCUT2D eigenvalue weighted by atomic mass is 9.75. The maximum absolute atomic E-state index is 2.56. The molecule has 12 saturated carbocycles. The molecule has 0 saturated heterocycles. The van der Waals surface area contributed by atoms with Crippen molar-refractivity contribution in [3.8, 4) is 0 Å². The molecule has 12 rings (SSSR count). The van der Waals surface area contributed by atoms with Gasteiger partial charge in [-0.3, -0.25) is 0 Å². The first kappa shape index (κ1) is 91.1. The molecule has 0 spiro atoms. The van der Waals surface area contributed by atoms with Gasteiger partial charge in [0.1, 0.15) is 0 Å². The second-order valence-corrected chi connectivity index (χ2v) is 36.8. The van der Waals surface area contributed by atoms with Gasteiger partial charge in [-0.2, -0.15) is 0 Å². The van der Waals surface area contributed by atoms with Crippen molar-refractivity contribution >= 4 is 0 Å². The normalized spacial score (nSPS) is 43.8. The molecule has 12 aliphatic rings. The first-order valence-corrected chi connectivity index (χ1v) is 43.5.